The summed E-state index contributed by atoms with van der Waals surface area (Å²) in [6.07, 6.45) is 23.0. The van der Waals surface area contributed by atoms with Crippen LogP contribution in [0.25, 0.3) is 0 Å². The highest BCUT2D eigenvalue weighted by Gasteiger charge is 1.99. The molecule has 0 bridgehead atoms. The van der Waals surface area contributed by atoms with Crippen LogP contribution in [0.15, 0.2) is 24.3 Å². The quantitative estimate of drug-likeness (QED) is 0.0465. The fraction of sp³-hybridized carbons (Fsp3) is 0.844. The molecule has 0 atom stereocenters. The van der Waals surface area contributed by atoms with Crippen molar-refractivity contribution in [2.75, 3.05) is 139 Å². The van der Waals surface area contributed by atoms with Gasteiger partial charge in [0.15, 0.2) is 0 Å². The second-order valence-corrected chi connectivity index (χ2v) is 14.0. The smallest absolute Gasteiger partial charge is 0.150 e. The predicted octanol–water partition coefficient (Wildman–Crippen LogP) is 8.31. The van der Waals surface area contributed by atoms with Crippen molar-refractivity contribution in [2.24, 2.45) is 0 Å². The number of carbonyl (C=O) groups is 1. The third kappa shape index (κ3) is 42.2. The van der Waals surface area contributed by atoms with Crippen molar-refractivity contribution >= 4 is 6.29 Å². The van der Waals surface area contributed by atoms with E-state index >= 15 is 0 Å². The van der Waals surface area contributed by atoms with Gasteiger partial charge in [0, 0.05) is 12.2 Å². The molecule has 0 saturated heterocycles. The Hall–Kier alpha value is -1.71. The van der Waals surface area contributed by atoms with Crippen molar-refractivity contribution < 1.29 is 56.9 Å². The molecule has 0 N–H and O–H groups in total. The molecule has 0 heterocycles. The number of unbranched alkanes of at least 4 members (excludes halogenated alkanes) is 15. The number of benzene rings is 1. The molecule has 1 rings (SSSR count). The Morgan fingerprint density at radius 3 is 0.842 bits per heavy atom. The molecule has 0 fully saturated rings. The van der Waals surface area contributed by atoms with Crippen molar-refractivity contribution in [2.45, 2.75) is 110 Å². The molecule has 0 aliphatic rings. The van der Waals surface area contributed by atoms with Crippen molar-refractivity contribution in [3.8, 4) is 5.75 Å². The van der Waals surface area contributed by atoms with Crippen LogP contribution < -0.4 is 4.74 Å². The van der Waals surface area contributed by atoms with Crippen molar-refractivity contribution in [3.05, 3.63) is 29.8 Å². The van der Waals surface area contributed by atoms with E-state index in [1.165, 1.54) is 96.3 Å². The summed E-state index contributed by atoms with van der Waals surface area (Å²) in [6, 6.07) is 6.95. The highest BCUT2D eigenvalue weighted by atomic mass is 16.6. The zero-order chi connectivity index (χ0) is 40.6. The molecule has 0 aromatic heterocycles. The molecule has 1 aromatic carbocycles. The number of hydrogen-bond donors (Lipinski definition) is 0. The molecule has 12 nitrogen and oxygen atoms in total. The maximum absolute atomic E-state index is 10.7. The summed E-state index contributed by atoms with van der Waals surface area (Å²) in [5.74, 6) is 0.707. The van der Waals surface area contributed by atoms with Crippen LogP contribution in [0.5, 0.6) is 5.75 Å². The van der Waals surface area contributed by atoms with Gasteiger partial charge in [-0.15, -0.1) is 0 Å². The van der Waals surface area contributed by atoms with Crippen LogP contribution in [0.1, 0.15) is 120 Å². The van der Waals surface area contributed by atoms with Gasteiger partial charge in [0.2, 0.25) is 0 Å². The van der Waals surface area contributed by atoms with Gasteiger partial charge in [-0.25, -0.2) is 0 Å². The second-order valence-electron chi connectivity index (χ2n) is 14.0. The van der Waals surface area contributed by atoms with Gasteiger partial charge in [-0.05, 0) is 30.7 Å². The van der Waals surface area contributed by atoms with E-state index in [4.69, 9.17) is 52.1 Å². The lowest BCUT2D eigenvalue weighted by Crippen LogP contribution is -2.15. The van der Waals surface area contributed by atoms with E-state index in [0.29, 0.717) is 143 Å². The minimum Gasteiger partial charge on any atom is -0.491 e. The first-order valence-corrected chi connectivity index (χ1v) is 22.3. The maximum atomic E-state index is 10.7. The van der Waals surface area contributed by atoms with E-state index in [9.17, 15) is 4.79 Å². The first-order valence-electron chi connectivity index (χ1n) is 22.3. The van der Waals surface area contributed by atoms with Crippen LogP contribution in [0, 0.1) is 0 Å². The zero-order valence-electron chi connectivity index (χ0n) is 35.9. The van der Waals surface area contributed by atoms with Crippen LogP contribution in [-0.2, 0) is 47.4 Å². The van der Waals surface area contributed by atoms with E-state index in [-0.39, 0.29) is 0 Å². The molecule has 0 saturated carbocycles. The summed E-state index contributed by atoms with van der Waals surface area (Å²) in [7, 11) is 0. The second kappa shape index (κ2) is 47.0. The summed E-state index contributed by atoms with van der Waals surface area (Å²) >= 11 is 0. The normalized spacial score (nSPS) is 11.5. The number of ether oxygens (including phenoxy) is 11. The van der Waals surface area contributed by atoms with E-state index in [1.807, 2.05) is 0 Å². The molecule has 0 radical (unpaired) electrons. The van der Waals surface area contributed by atoms with Crippen molar-refractivity contribution in [1.29, 1.82) is 0 Å². The van der Waals surface area contributed by atoms with Gasteiger partial charge in [0.05, 0.1) is 126 Å². The Kier molecular flexibility index (Phi) is 43.9. The summed E-state index contributed by atoms with van der Waals surface area (Å²) in [4.78, 5) is 10.7. The highest BCUT2D eigenvalue weighted by Crippen LogP contribution is 2.14. The Bertz CT molecular complexity index is 907. The Labute approximate surface area is 346 Å². The molecular formula is C45H82O12. The molecular weight excluding hydrogens is 732 g/mol. The van der Waals surface area contributed by atoms with Gasteiger partial charge in [-0.1, -0.05) is 103 Å². The van der Waals surface area contributed by atoms with Crippen LogP contribution in [0.4, 0.5) is 0 Å². The molecule has 57 heavy (non-hydrogen) atoms. The average Bonchev–Trinajstić information content (AvgIpc) is 3.23. The summed E-state index contributed by atoms with van der Waals surface area (Å²) in [5, 5.41) is 0. The fourth-order valence-corrected chi connectivity index (χ4v) is 5.69. The predicted molar refractivity (Wildman–Crippen MR) is 225 cm³/mol. The Balaban J connectivity index is 1.61. The van der Waals surface area contributed by atoms with Gasteiger partial charge in [0.25, 0.3) is 0 Å². The number of hydrogen-bond acceptors (Lipinski definition) is 12. The average molecular weight is 815 g/mol. The van der Waals surface area contributed by atoms with E-state index in [0.717, 1.165) is 19.3 Å². The Morgan fingerprint density at radius 2 is 0.561 bits per heavy atom. The lowest BCUT2D eigenvalue weighted by molar-refractivity contribution is -0.0267. The van der Waals surface area contributed by atoms with Gasteiger partial charge in [0.1, 0.15) is 18.6 Å². The number of rotatable bonds is 49. The van der Waals surface area contributed by atoms with E-state index in [1.54, 1.807) is 24.3 Å². The molecule has 12 heteroatoms. The van der Waals surface area contributed by atoms with Gasteiger partial charge < -0.3 is 52.1 Å². The third-order valence-electron chi connectivity index (χ3n) is 9.00. The Morgan fingerprint density at radius 1 is 0.316 bits per heavy atom. The largest absolute Gasteiger partial charge is 0.491 e. The van der Waals surface area contributed by atoms with E-state index in [2.05, 4.69) is 6.92 Å². The summed E-state index contributed by atoms with van der Waals surface area (Å²) < 4.78 is 60.9. The molecule has 0 spiro atoms. The van der Waals surface area contributed by atoms with Crippen LogP contribution in [0.3, 0.4) is 0 Å². The standard InChI is InChI=1S/C45H82O12/c1-2-3-4-5-6-7-8-9-10-11-12-13-14-15-16-17-22-47-23-24-48-25-26-49-27-28-50-29-30-51-31-32-52-33-34-53-35-36-54-37-38-55-39-40-56-41-42-57-45-20-18-44(43-46)19-21-45/h18-21,43H,2-17,22-42H2,1H3. The molecule has 334 valence electrons. The van der Waals surface area contributed by atoms with Crippen LogP contribution in [-0.4, -0.2) is 145 Å². The molecule has 0 aliphatic heterocycles. The summed E-state index contributed by atoms with van der Waals surface area (Å²) in [6.45, 7) is 13.5. The van der Waals surface area contributed by atoms with Crippen LogP contribution >= 0.6 is 0 Å². The van der Waals surface area contributed by atoms with Gasteiger partial charge in [-0.2, -0.15) is 0 Å². The summed E-state index contributed by atoms with van der Waals surface area (Å²) in [5.41, 5.74) is 0.621. The first kappa shape index (κ1) is 53.3. The topological polar surface area (TPSA) is 119 Å². The van der Waals surface area contributed by atoms with Crippen LogP contribution in [0.2, 0.25) is 0 Å². The van der Waals surface area contributed by atoms with Gasteiger partial charge >= 0.3 is 0 Å². The SMILES string of the molecule is CCCCCCCCCCCCCCCCCCOCCOCCOCCOCCOCCOCCOCCOCCOCCOCCOc1ccc(C=O)cc1. The first-order chi connectivity index (χ1) is 28.4. The third-order valence-corrected chi connectivity index (χ3v) is 9.00. The minimum absolute atomic E-state index is 0.434. The number of aldehydes is 1. The molecule has 1 aromatic rings. The van der Waals surface area contributed by atoms with Crippen molar-refractivity contribution in [3.63, 3.8) is 0 Å². The number of carbonyl (C=O) groups excluding carboxylic acids is 1. The monoisotopic (exact) mass is 815 g/mol. The molecule has 0 aliphatic carbocycles. The lowest BCUT2D eigenvalue weighted by Gasteiger charge is -2.09. The molecule has 0 amide bonds. The van der Waals surface area contributed by atoms with Crippen molar-refractivity contribution in [1.82, 2.24) is 0 Å². The minimum atomic E-state index is 0.434. The maximum Gasteiger partial charge on any atom is 0.150 e. The van der Waals surface area contributed by atoms with Gasteiger partial charge in [-0.3, -0.25) is 4.79 Å². The lowest BCUT2D eigenvalue weighted by atomic mass is 10.0. The molecule has 0 unspecified atom stereocenters. The van der Waals surface area contributed by atoms with E-state index < -0.39 is 0 Å². The highest BCUT2D eigenvalue weighted by molar-refractivity contribution is 5.74. The zero-order valence-corrected chi connectivity index (χ0v) is 35.9. The fourth-order valence-electron chi connectivity index (χ4n) is 5.69.